The van der Waals surface area contributed by atoms with Crippen molar-refractivity contribution in [2.45, 2.75) is 63.3 Å². The smallest absolute Gasteiger partial charge is 0.228 e. The molecule has 3 atom stereocenters. The highest BCUT2D eigenvalue weighted by Crippen LogP contribution is 2.45. The minimum absolute atomic E-state index is 0.0707. The van der Waals surface area contributed by atoms with Crippen LogP contribution in [0.5, 0.6) is 0 Å². The maximum Gasteiger partial charge on any atom is 0.228 e. The van der Waals surface area contributed by atoms with E-state index in [1.807, 2.05) is 6.07 Å². The number of carbonyl (C=O) groups excluding carboxylic acids is 2. The van der Waals surface area contributed by atoms with E-state index >= 15 is 0 Å². The van der Waals surface area contributed by atoms with Gasteiger partial charge >= 0.3 is 0 Å². The predicted octanol–water partition coefficient (Wildman–Crippen LogP) is 4.69. The lowest BCUT2D eigenvalue weighted by molar-refractivity contribution is -0.132. The van der Waals surface area contributed by atoms with Crippen LogP contribution >= 0.6 is 0 Å². The van der Waals surface area contributed by atoms with Gasteiger partial charge < -0.3 is 10.2 Å². The summed E-state index contributed by atoms with van der Waals surface area (Å²) in [6.07, 6.45) is 7.77. The highest BCUT2D eigenvalue weighted by molar-refractivity contribution is 5.99. The molecule has 1 saturated heterocycles. The Labute approximate surface area is 178 Å². The van der Waals surface area contributed by atoms with Gasteiger partial charge in [-0.15, -0.1) is 0 Å². The van der Waals surface area contributed by atoms with Crippen LogP contribution < -0.4 is 5.32 Å². The van der Waals surface area contributed by atoms with E-state index in [2.05, 4.69) is 52.7 Å². The van der Waals surface area contributed by atoms with E-state index in [1.165, 1.54) is 30.4 Å². The molecule has 156 valence electrons. The lowest BCUT2D eigenvalue weighted by atomic mass is 9.77. The van der Waals surface area contributed by atoms with Crippen LogP contribution in [-0.4, -0.2) is 29.3 Å². The molecule has 3 unspecified atom stereocenters. The molecule has 4 heteroatoms. The van der Waals surface area contributed by atoms with E-state index in [-0.39, 0.29) is 5.91 Å². The maximum atomic E-state index is 13.2. The van der Waals surface area contributed by atoms with E-state index in [0.717, 1.165) is 37.1 Å². The van der Waals surface area contributed by atoms with Gasteiger partial charge in [0.1, 0.15) is 0 Å². The number of nitrogens with one attached hydrogen (secondary N) is 1. The highest BCUT2D eigenvalue weighted by Gasteiger charge is 2.44. The van der Waals surface area contributed by atoms with Crippen molar-refractivity contribution in [2.75, 3.05) is 11.9 Å². The van der Waals surface area contributed by atoms with Crippen molar-refractivity contribution >= 4 is 17.5 Å². The van der Waals surface area contributed by atoms with Gasteiger partial charge in [0, 0.05) is 30.6 Å². The molecule has 0 radical (unpaired) electrons. The summed E-state index contributed by atoms with van der Waals surface area (Å²) in [5, 5.41) is 2.88. The zero-order valence-electron chi connectivity index (χ0n) is 17.5. The molecule has 0 bridgehead atoms. The van der Waals surface area contributed by atoms with E-state index in [4.69, 9.17) is 0 Å². The largest absolute Gasteiger partial charge is 0.339 e. The number of carbonyl (C=O) groups is 2. The second kappa shape index (κ2) is 8.25. The summed E-state index contributed by atoms with van der Waals surface area (Å²) >= 11 is 0. The van der Waals surface area contributed by atoms with E-state index < -0.39 is 0 Å². The summed E-state index contributed by atoms with van der Waals surface area (Å²) in [6, 6.07) is 17.4. The minimum atomic E-state index is 0.0707. The first-order chi connectivity index (χ1) is 14.7. The fraction of sp³-hybridized carbons (Fsp3) is 0.462. The third-order valence-electron chi connectivity index (χ3n) is 7.29. The number of hydrogen-bond donors (Lipinski definition) is 1. The van der Waals surface area contributed by atoms with Crippen LogP contribution in [-0.2, 0) is 22.4 Å². The first kappa shape index (κ1) is 19.3. The first-order valence-electron chi connectivity index (χ1n) is 11.4. The molecule has 2 fully saturated rings. The monoisotopic (exact) mass is 402 g/mol. The van der Waals surface area contributed by atoms with Crippen LogP contribution in [0.15, 0.2) is 48.5 Å². The number of benzene rings is 2. The van der Waals surface area contributed by atoms with Gasteiger partial charge in [0.15, 0.2) is 0 Å². The number of rotatable bonds is 5. The van der Waals surface area contributed by atoms with Gasteiger partial charge in [-0.05, 0) is 54.4 Å². The third-order valence-corrected chi connectivity index (χ3v) is 7.29. The molecule has 1 aliphatic carbocycles. The number of likely N-dealkylation sites (tertiary alicyclic amines) is 1. The second-order valence-electron chi connectivity index (χ2n) is 9.15. The molecule has 5 rings (SSSR count). The number of fused-ring (bicyclic) bond motifs is 2. The van der Waals surface area contributed by atoms with Crippen molar-refractivity contribution in [3.8, 4) is 0 Å². The highest BCUT2D eigenvalue weighted by atomic mass is 16.2. The summed E-state index contributed by atoms with van der Waals surface area (Å²) in [5.41, 5.74) is 4.63. The van der Waals surface area contributed by atoms with E-state index in [1.54, 1.807) is 0 Å². The van der Waals surface area contributed by atoms with Crippen molar-refractivity contribution in [3.05, 3.63) is 65.2 Å². The lowest BCUT2D eigenvalue weighted by Gasteiger charge is -2.32. The molecule has 1 N–H and O–H groups in total. The fourth-order valence-corrected chi connectivity index (χ4v) is 5.84. The first-order valence-corrected chi connectivity index (χ1v) is 11.4. The van der Waals surface area contributed by atoms with Crippen LogP contribution in [0.4, 0.5) is 5.69 Å². The van der Waals surface area contributed by atoms with Crippen molar-refractivity contribution in [1.29, 1.82) is 0 Å². The molecular formula is C26H30N2O2. The van der Waals surface area contributed by atoms with Crippen LogP contribution in [0.25, 0.3) is 0 Å². The molecular weight excluding hydrogens is 372 g/mol. The van der Waals surface area contributed by atoms with Crippen molar-refractivity contribution in [2.24, 2.45) is 5.92 Å². The Hall–Kier alpha value is -2.62. The third kappa shape index (κ3) is 3.76. The minimum Gasteiger partial charge on any atom is -0.339 e. The number of amides is 2. The Bertz CT molecular complexity index is 939. The molecule has 2 heterocycles. The standard InChI is InChI=1S/C26H30N2O2/c29-25-16-20-15-18(13-14-23(20)27-25)7-6-12-26(30)28-17-22(19-8-2-1-3-9-19)21-10-4-5-11-24(21)28/h1-3,8-9,13-15,21-22,24H,4-7,10-12,16-17H2,(H,27,29). The maximum absolute atomic E-state index is 13.2. The van der Waals surface area contributed by atoms with Crippen LogP contribution in [0.3, 0.4) is 0 Å². The molecule has 2 aliphatic heterocycles. The van der Waals surface area contributed by atoms with Gasteiger partial charge in [0.05, 0.1) is 6.42 Å². The molecule has 0 spiro atoms. The van der Waals surface area contributed by atoms with Gasteiger partial charge in [-0.2, -0.15) is 0 Å². The van der Waals surface area contributed by atoms with Gasteiger partial charge in [0.2, 0.25) is 11.8 Å². The molecule has 30 heavy (non-hydrogen) atoms. The van der Waals surface area contributed by atoms with Crippen molar-refractivity contribution < 1.29 is 9.59 Å². The Morgan fingerprint density at radius 3 is 2.77 bits per heavy atom. The average molecular weight is 403 g/mol. The van der Waals surface area contributed by atoms with Crippen LogP contribution in [0, 0.1) is 5.92 Å². The number of aryl methyl sites for hydroxylation is 1. The molecule has 0 aromatic heterocycles. The lowest BCUT2D eigenvalue weighted by Crippen LogP contribution is -2.39. The Morgan fingerprint density at radius 2 is 1.90 bits per heavy atom. The topological polar surface area (TPSA) is 49.4 Å². The van der Waals surface area contributed by atoms with E-state index in [0.29, 0.717) is 36.6 Å². The summed E-state index contributed by atoms with van der Waals surface area (Å²) in [4.78, 5) is 26.9. The van der Waals surface area contributed by atoms with Gasteiger partial charge in [-0.25, -0.2) is 0 Å². The van der Waals surface area contributed by atoms with Gasteiger partial charge in [-0.3, -0.25) is 9.59 Å². The van der Waals surface area contributed by atoms with Crippen LogP contribution in [0.2, 0.25) is 0 Å². The zero-order valence-corrected chi connectivity index (χ0v) is 17.5. The molecule has 1 saturated carbocycles. The summed E-state index contributed by atoms with van der Waals surface area (Å²) in [7, 11) is 0. The Balaban J connectivity index is 1.21. The summed E-state index contributed by atoms with van der Waals surface area (Å²) < 4.78 is 0. The zero-order chi connectivity index (χ0) is 20.5. The Morgan fingerprint density at radius 1 is 1.07 bits per heavy atom. The number of anilines is 1. The summed E-state index contributed by atoms with van der Waals surface area (Å²) in [6.45, 7) is 0.880. The molecule has 4 nitrogen and oxygen atoms in total. The molecule has 2 aromatic rings. The van der Waals surface area contributed by atoms with Gasteiger partial charge in [0.25, 0.3) is 0 Å². The Kier molecular flexibility index (Phi) is 5.32. The quantitative estimate of drug-likeness (QED) is 0.789. The molecule has 3 aliphatic rings. The predicted molar refractivity (Wildman–Crippen MR) is 118 cm³/mol. The number of hydrogen-bond acceptors (Lipinski definition) is 2. The van der Waals surface area contributed by atoms with Gasteiger partial charge in [-0.1, -0.05) is 55.3 Å². The number of nitrogens with zero attached hydrogens (tertiary/aromatic N) is 1. The van der Waals surface area contributed by atoms with Crippen molar-refractivity contribution in [1.82, 2.24) is 4.90 Å². The van der Waals surface area contributed by atoms with Crippen LogP contribution in [0.1, 0.15) is 61.1 Å². The second-order valence-corrected chi connectivity index (χ2v) is 9.15. The SMILES string of the molecule is O=C1Cc2cc(CCCC(=O)N3CC(c4ccccc4)C4CCCCC43)ccc2N1. The van der Waals surface area contributed by atoms with Crippen molar-refractivity contribution in [3.63, 3.8) is 0 Å². The molecule has 2 amide bonds. The molecule has 2 aromatic carbocycles. The normalized spacial score (nSPS) is 25.0. The average Bonchev–Trinajstić information content (AvgIpc) is 3.34. The fourth-order valence-electron chi connectivity index (χ4n) is 5.84. The van der Waals surface area contributed by atoms with E-state index in [9.17, 15) is 9.59 Å². The summed E-state index contributed by atoms with van der Waals surface area (Å²) in [5.74, 6) is 1.50.